The van der Waals surface area contributed by atoms with Crippen molar-refractivity contribution in [2.45, 2.75) is 26.3 Å². The van der Waals surface area contributed by atoms with Gasteiger partial charge in [0.15, 0.2) is 0 Å². The highest BCUT2D eigenvalue weighted by Gasteiger charge is 2.21. The molecule has 0 amide bonds. The Bertz CT molecular complexity index is 558. The Kier molecular flexibility index (Phi) is 4.65. The number of carbonyl (C=O) groups is 1. The Labute approximate surface area is 122 Å². The fraction of sp³-hybridized carbons (Fsp3) is 0.615. The number of nitrogens with zero attached hydrogens (tertiary/aromatic N) is 3. The summed E-state index contributed by atoms with van der Waals surface area (Å²) in [7, 11) is 1.26. The fourth-order valence-electron chi connectivity index (χ4n) is 2.38. The van der Waals surface area contributed by atoms with Crippen molar-refractivity contribution in [3.05, 3.63) is 21.6 Å². The maximum Gasteiger partial charge on any atom is 0.327 e. The molecule has 1 atom stereocenters. The van der Waals surface area contributed by atoms with E-state index in [2.05, 4.69) is 21.7 Å². The average molecular weight is 300 g/mol. The lowest BCUT2D eigenvalue weighted by Crippen LogP contribution is -2.37. The molecule has 1 aromatic rings. The van der Waals surface area contributed by atoms with Gasteiger partial charge in [0.1, 0.15) is 11.6 Å². The molecule has 2 heterocycles. The predicted octanol–water partition coefficient (Wildman–Crippen LogP) is 1.31. The van der Waals surface area contributed by atoms with Crippen LogP contribution in [0.1, 0.15) is 19.8 Å². The summed E-state index contributed by atoms with van der Waals surface area (Å²) in [6.07, 6.45) is 3.80. The summed E-state index contributed by atoms with van der Waals surface area (Å²) < 4.78 is 5.54. The molecule has 0 aliphatic carbocycles. The molecule has 0 N–H and O–H groups in total. The zero-order valence-corrected chi connectivity index (χ0v) is 12.4. The number of hydrogen-bond donors (Lipinski definition) is 0. The molecule has 7 heteroatoms. The van der Waals surface area contributed by atoms with E-state index in [4.69, 9.17) is 11.6 Å². The minimum Gasteiger partial charge on any atom is -0.468 e. The van der Waals surface area contributed by atoms with Gasteiger partial charge in [-0.25, -0.2) is 4.68 Å². The predicted molar refractivity (Wildman–Crippen MR) is 76.1 cm³/mol. The summed E-state index contributed by atoms with van der Waals surface area (Å²) in [5.74, 6) is 0.0346. The second kappa shape index (κ2) is 6.26. The molecule has 0 bridgehead atoms. The van der Waals surface area contributed by atoms with E-state index in [0.717, 1.165) is 24.2 Å². The van der Waals surface area contributed by atoms with Crippen LogP contribution in [-0.4, -0.2) is 35.9 Å². The first-order valence-corrected chi connectivity index (χ1v) is 6.98. The molecule has 1 saturated heterocycles. The first-order valence-electron chi connectivity index (χ1n) is 6.60. The van der Waals surface area contributed by atoms with Gasteiger partial charge in [-0.05, 0) is 18.8 Å². The van der Waals surface area contributed by atoms with Crippen LogP contribution in [0.3, 0.4) is 0 Å². The number of anilines is 1. The van der Waals surface area contributed by atoms with Crippen molar-refractivity contribution in [3.63, 3.8) is 0 Å². The largest absolute Gasteiger partial charge is 0.468 e. The number of hydrogen-bond acceptors (Lipinski definition) is 5. The van der Waals surface area contributed by atoms with Crippen LogP contribution in [0, 0.1) is 5.92 Å². The zero-order valence-electron chi connectivity index (χ0n) is 11.6. The molecule has 1 unspecified atom stereocenters. The van der Waals surface area contributed by atoms with Crippen LogP contribution in [-0.2, 0) is 16.1 Å². The van der Waals surface area contributed by atoms with E-state index in [-0.39, 0.29) is 11.6 Å². The Morgan fingerprint density at radius 3 is 3.00 bits per heavy atom. The van der Waals surface area contributed by atoms with Gasteiger partial charge in [-0.1, -0.05) is 18.5 Å². The highest BCUT2D eigenvalue weighted by atomic mass is 35.5. The van der Waals surface area contributed by atoms with Crippen LogP contribution in [0.25, 0.3) is 0 Å². The molecule has 6 nitrogen and oxygen atoms in total. The lowest BCUT2D eigenvalue weighted by Gasteiger charge is -2.32. The van der Waals surface area contributed by atoms with E-state index in [9.17, 15) is 9.59 Å². The summed E-state index contributed by atoms with van der Waals surface area (Å²) in [6.45, 7) is 3.67. The smallest absolute Gasteiger partial charge is 0.327 e. The standard InChI is InChI=1S/C13H18ClN3O3/c1-9-4-3-5-16(7-9)10-6-15-17(8-11(18)20-2)13(19)12(10)14/h6,9H,3-5,7-8H2,1-2H3. The van der Waals surface area contributed by atoms with Crippen molar-refractivity contribution in [2.24, 2.45) is 5.92 Å². The van der Waals surface area contributed by atoms with Crippen molar-refractivity contribution < 1.29 is 9.53 Å². The lowest BCUT2D eigenvalue weighted by atomic mass is 10.00. The number of ether oxygens (including phenoxy) is 1. The Morgan fingerprint density at radius 2 is 2.35 bits per heavy atom. The van der Waals surface area contributed by atoms with E-state index in [1.807, 2.05) is 0 Å². The summed E-state index contributed by atoms with van der Waals surface area (Å²) in [5, 5.41) is 4.11. The van der Waals surface area contributed by atoms with Gasteiger partial charge in [-0.2, -0.15) is 5.10 Å². The van der Waals surface area contributed by atoms with Crippen molar-refractivity contribution in [3.8, 4) is 0 Å². The second-order valence-electron chi connectivity index (χ2n) is 5.08. The van der Waals surface area contributed by atoms with Crippen LogP contribution in [0.2, 0.25) is 5.02 Å². The second-order valence-corrected chi connectivity index (χ2v) is 5.45. The maximum atomic E-state index is 12.1. The molecule has 1 aromatic heterocycles. The summed E-state index contributed by atoms with van der Waals surface area (Å²) in [5.41, 5.74) is 0.178. The van der Waals surface area contributed by atoms with Crippen molar-refractivity contribution in [2.75, 3.05) is 25.1 Å². The van der Waals surface area contributed by atoms with E-state index in [0.29, 0.717) is 11.6 Å². The SMILES string of the molecule is COC(=O)Cn1ncc(N2CCCC(C)C2)c(Cl)c1=O. The molecular formula is C13H18ClN3O3. The van der Waals surface area contributed by atoms with Crippen molar-refractivity contribution in [1.82, 2.24) is 9.78 Å². The van der Waals surface area contributed by atoms with Gasteiger partial charge < -0.3 is 9.64 Å². The first-order chi connectivity index (χ1) is 9.52. The van der Waals surface area contributed by atoms with Gasteiger partial charge in [0.2, 0.25) is 0 Å². The number of rotatable bonds is 3. The normalized spacial score (nSPS) is 18.9. The molecule has 0 spiro atoms. The molecule has 1 fully saturated rings. The zero-order chi connectivity index (χ0) is 14.7. The monoisotopic (exact) mass is 299 g/mol. The molecular weight excluding hydrogens is 282 g/mol. The van der Waals surface area contributed by atoms with Gasteiger partial charge in [0.05, 0.1) is 19.0 Å². The summed E-state index contributed by atoms with van der Waals surface area (Å²) >= 11 is 6.14. The third-order valence-corrected chi connectivity index (χ3v) is 3.83. The highest BCUT2D eigenvalue weighted by molar-refractivity contribution is 6.33. The molecule has 1 aliphatic heterocycles. The Morgan fingerprint density at radius 1 is 1.60 bits per heavy atom. The lowest BCUT2D eigenvalue weighted by molar-refractivity contribution is -0.141. The van der Waals surface area contributed by atoms with Crippen LogP contribution in [0.4, 0.5) is 5.69 Å². The molecule has 0 aromatic carbocycles. The third-order valence-electron chi connectivity index (χ3n) is 3.47. The fourth-order valence-corrected chi connectivity index (χ4v) is 2.65. The van der Waals surface area contributed by atoms with Gasteiger partial charge in [-0.15, -0.1) is 0 Å². The van der Waals surface area contributed by atoms with Gasteiger partial charge >= 0.3 is 5.97 Å². The number of methoxy groups -OCH3 is 1. The maximum absolute atomic E-state index is 12.1. The minimum absolute atomic E-state index is 0.109. The summed E-state index contributed by atoms with van der Waals surface area (Å²) in [6, 6.07) is 0. The quantitative estimate of drug-likeness (QED) is 0.787. The highest BCUT2D eigenvalue weighted by Crippen LogP contribution is 2.26. The topological polar surface area (TPSA) is 64.4 Å². The van der Waals surface area contributed by atoms with E-state index in [1.165, 1.54) is 13.5 Å². The number of carbonyl (C=O) groups excluding carboxylic acids is 1. The van der Waals surface area contributed by atoms with Crippen LogP contribution in [0.5, 0.6) is 0 Å². The molecule has 0 saturated carbocycles. The van der Waals surface area contributed by atoms with E-state index >= 15 is 0 Å². The van der Waals surface area contributed by atoms with Crippen LogP contribution >= 0.6 is 11.6 Å². The number of aromatic nitrogens is 2. The van der Waals surface area contributed by atoms with E-state index < -0.39 is 11.5 Å². The van der Waals surface area contributed by atoms with Crippen molar-refractivity contribution >= 4 is 23.3 Å². The van der Waals surface area contributed by atoms with Gasteiger partial charge in [0, 0.05) is 13.1 Å². The molecule has 20 heavy (non-hydrogen) atoms. The van der Waals surface area contributed by atoms with Gasteiger partial charge in [0.25, 0.3) is 5.56 Å². The van der Waals surface area contributed by atoms with E-state index in [1.54, 1.807) is 6.20 Å². The summed E-state index contributed by atoms with van der Waals surface area (Å²) in [4.78, 5) is 25.4. The van der Waals surface area contributed by atoms with Crippen LogP contribution < -0.4 is 10.5 Å². The number of piperidine rings is 1. The molecule has 1 aliphatic rings. The first kappa shape index (κ1) is 14.8. The molecule has 110 valence electrons. The minimum atomic E-state index is -0.532. The molecule has 2 rings (SSSR count). The average Bonchev–Trinajstić information content (AvgIpc) is 2.44. The molecule has 0 radical (unpaired) electrons. The Hall–Kier alpha value is -1.56. The number of halogens is 1. The number of esters is 1. The van der Waals surface area contributed by atoms with Gasteiger partial charge in [-0.3, -0.25) is 9.59 Å². The van der Waals surface area contributed by atoms with Crippen LogP contribution in [0.15, 0.2) is 11.0 Å². The Balaban J connectivity index is 2.26. The van der Waals surface area contributed by atoms with Crippen molar-refractivity contribution in [1.29, 1.82) is 0 Å². The third kappa shape index (κ3) is 3.12.